The van der Waals surface area contributed by atoms with Gasteiger partial charge in [-0.3, -0.25) is 9.69 Å². The van der Waals surface area contributed by atoms with E-state index in [1.807, 2.05) is 43.3 Å². The Morgan fingerprint density at radius 2 is 1.81 bits per heavy atom. The lowest BCUT2D eigenvalue weighted by Gasteiger charge is -2.39. The Labute approximate surface area is 160 Å². The predicted octanol–water partition coefficient (Wildman–Crippen LogP) is 3.58. The standard InChI is InChI=1S/C22H28N2O3/c1-17-5-10-21(27-17)18-6-8-19(9-7-18)22(25)24-11-3-2-4-20(24)16-23-12-14-26-15-13-23/h5-10,20H,2-4,11-16H2,1H3. The summed E-state index contributed by atoms with van der Waals surface area (Å²) < 4.78 is 11.1. The monoisotopic (exact) mass is 368 g/mol. The molecule has 27 heavy (non-hydrogen) atoms. The molecule has 3 heterocycles. The van der Waals surface area contributed by atoms with E-state index in [4.69, 9.17) is 9.15 Å². The number of nitrogens with zero attached hydrogens (tertiary/aromatic N) is 2. The third-order valence-corrected chi connectivity index (χ3v) is 5.62. The molecule has 1 amide bonds. The minimum Gasteiger partial charge on any atom is -0.461 e. The second-order valence-corrected chi connectivity index (χ2v) is 7.55. The summed E-state index contributed by atoms with van der Waals surface area (Å²) in [7, 11) is 0. The van der Waals surface area contributed by atoms with Crippen LogP contribution in [0.25, 0.3) is 11.3 Å². The van der Waals surface area contributed by atoms with Gasteiger partial charge in [-0.2, -0.15) is 0 Å². The van der Waals surface area contributed by atoms with Crippen LogP contribution in [-0.4, -0.2) is 61.1 Å². The number of carbonyl (C=O) groups excluding carboxylic acids is 1. The second-order valence-electron chi connectivity index (χ2n) is 7.55. The Balaban J connectivity index is 1.46. The minimum atomic E-state index is 0.148. The average Bonchev–Trinajstić information content (AvgIpc) is 3.15. The van der Waals surface area contributed by atoms with Crippen molar-refractivity contribution < 1.29 is 13.9 Å². The zero-order valence-electron chi connectivity index (χ0n) is 16.0. The van der Waals surface area contributed by atoms with Crippen molar-refractivity contribution in [3.63, 3.8) is 0 Å². The fourth-order valence-corrected chi connectivity index (χ4v) is 4.07. The summed E-state index contributed by atoms with van der Waals surface area (Å²) in [6.45, 7) is 7.28. The number of hydrogen-bond donors (Lipinski definition) is 0. The molecule has 2 saturated heterocycles. The molecule has 1 unspecified atom stereocenters. The molecule has 5 heteroatoms. The predicted molar refractivity (Wildman–Crippen MR) is 105 cm³/mol. The first kappa shape index (κ1) is 18.3. The van der Waals surface area contributed by atoms with Crippen molar-refractivity contribution in [1.29, 1.82) is 0 Å². The first-order valence-electron chi connectivity index (χ1n) is 9.98. The molecule has 0 N–H and O–H groups in total. The summed E-state index contributed by atoms with van der Waals surface area (Å²) in [5.74, 6) is 1.88. The zero-order valence-corrected chi connectivity index (χ0v) is 16.0. The van der Waals surface area contributed by atoms with Crippen molar-refractivity contribution in [2.75, 3.05) is 39.4 Å². The number of likely N-dealkylation sites (tertiary alicyclic amines) is 1. The van der Waals surface area contributed by atoms with Crippen molar-refractivity contribution in [3.05, 3.63) is 47.7 Å². The number of ether oxygens (including phenoxy) is 1. The third-order valence-electron chi connectivity index (χ3n) is 5.62. The van der Waals surface area contributed by atoms with Crippen LogP contribution in [0, 0.1) is 6.92 Å². The van der Waals surface area contributed by atoms with Gasteiger partial charge in [0.15, 0.2) is 0 Å². The van der Waals surface area contributed by atoms with E-state index in [1.165, 1.54) is 6.42 Å². The number of furan rings is 1. The Morgan fingerprint density at radius 1 is 1.04 bits per heavy atom. The summed E-state index contributed by atoms with van der Waals surface area (Å²) in [5.41, 5.74) is 1.76. The van der Waals surface area contributed by atoms with Crippen molar-refractivity contribution in [3.8, 4) is 11.3 Å². The Kier molecular flexibility index (Phi) is 5.60. The van der Waals surface area contributed by atoms with E-state index in [1.54, 1.807) is 0 Å². The van der Waals surface area contributed by atoms with Crippen LogP contribution in [0.15, 0.2) is 40.8 Å². The van der Waals surface area contributed by atoms with Crippen LogP contribution in [0.3, 0.4) is 0 Å². The van der Waals surface area contributed by atoms with Crippen molar-refractivity contribution in [2.24, 2.45) is 0 Å². The van der Waals surface area contributed by atoms with Gasteiger partial charge in [-0.15, -0.1) is 0 Å². The Bertz CT molecular complexity index is 762. The number of aryl methyl sites for hydroxylation is 1. The van der Waals surface area contributed by atoms with E-state index < -0.39 is 0 Å². The molecule has 0 spiro atoms. The SMILES string of the molecule is Cc1ccc(-c2ccc(C(=O)N3CCCCC3CN3CCOCC3)cc2)o1. The third kappa shape index (κ3) is 4.25. The fourth-order valence-electron chi connectivity index (χ4n) is 4.07. The van der Waals surface area contributed by atoms with Gasteiger partial charge >= 0.3 is 0 Å². The molecule has 2 aliphatic rings. The lowest BCUT2D eigenvalue weighted by molar-refractivity contribution is 0.0166. The molecule has 0 radical (unpaired) electrons. The van der Waals surface area contributed by atoms with Crippen LogP contribution < -0.4 is 0 Å². The summed E-state index contributed by atoms with van der Waals surface area (Å²) in [4.78, 5) is 17.7. The van der Waals surface area contributed by atoms with E-state index >= 15 is 0 Å². The van der Waals surface area contributed by atoms with Gasteiger partial charge < -0.3 is 14.1 Å². The highest BCUT2D eigenvalue weighted by Gasteiger charge is 2.29. The molecule has 1 atom stereocenters. The lowest BCUT2D eigenvalue weighted by Crippen LogP contribution is -2.51. The first-order valence-corrected chi connectivity index (χ1v) is 9.98. The first-order chi connectivity index (χ1) is 13.2. The summed E-state index contributed by atoms with van der Waals surface area (Å²) >= 11 is 0. The maximum absolute atomic E-state index is 13.2. The van der Waals surface area contributed by atoms with Crippen molar-refractivity contribution >= 4 is 5.91 Å². The van der Waals surface area contributed by atoms with Crippen LogP contribution in [0.1, 0.15) is 35.4 Å². The number of benzene rings is 1. The Hall–Kier alpha value is -2.11. The van der Waals surface area contributed by atoms with Crippen LogP contribution >= 0.6 is 0 Å². The summed E-state index contributed by atoms with van der Waals surface area (Å²) in [6.07, 6.45) is 3.39. The van der Waals surface area contributed by atoms with Crippen LogP contribution in [0.5, 0.6) is 0 Å². The molecular weight excluding hydrogens is 340 g/mol. The molecule has 2 aromatic rings. The highest BCUT2D eigenvalue weighted by atomic mass is 16.5. The number of hydrogen-bond acceptors (Lipinski definition) is 4. The maximum atomic E-state index is 13.2. The van der Waals surface area contributed by atoms with E-state index in [-0.39, 0.29) is 5.91 Å². The number of rotatable bonds is 4. The molecule has 2 fully saturated rings. The van der Waals surface area contributed by atoms with Gasteiger partial charge in [0, 0.05) is 43.3 Å². The quantitative estimate of drug-likeness (QED) is 0.827. The maximum Gasteiger partial charge on any atom is 0.254 e. The van der Waals surface area contributed by atoms with Crippen molar-refractivity contribution in [1.82, 2.24) is 9.80 Å². The largest absolute Gasteiger partial charge is 0.461 e. The number of piperidine rings is 1. The molecular formula is C22H28N2O3. The zero-order chi connectivity index (χ0) is 18.6. The van der Waals surface area contributed by atoms with Gasteiger partial charge in [0.1, 0.15) is 11.5 Å². The summed E-state index contributed by atoms with van der Waals surface area (Å²) in [5, 5.41) is 0. The van der Waals surface area contributed by atoms with Crippen LogP contribution in [0.4, 0.5) is 0 Å². The Morgan fingerprint density at radius 3 is 2.52 bits per heavy atom. The van der Waals surface area contributed by atoms with E-state index in [9.17, 15) is 4.79 Å². The van der Waals surface area contributed by atoms with Gasteiger partial charge in [0.25, 0.3) is 5.91 Å². The van der Waals surface area contributed by atoms with Gasteiger partial charge in [0.05, 0.1) is 13.2 Å². The second kappa shape index (κ2) is 8.28. The molecule has 0 aliphatic carbocycles. The summed E-state index contributed by atoms with van der Waals surface area (Å²) in [6, 6.07) is 12.0. The molecule has 2 aliphatic heterocycles. The lowest BCUT2D eigenvalue weighted by atomic mass is 9.99. The van der Waals surface area contributed by atoms with E-state index in [0.29, 0.717) is 6.04 Å². The molecule has 1 aromatic carbocycles. The van der Waals surface area contributed by atoms with Crippen LogP contribution in [0.2, 0.25) is 0 Å². The van der Waals surface area contributed by atoms with E-state index in [0.717, 1.165) is 74.9 Å². The van der Waals surface area contributed by atoms with Crippen LogP contribution in [-0.2, 0) is 4.74 Å². The topological polar surface area (TPSA) is 45.9 Å². The molecule has 4 rings (SSSR count). The van der Waals surface area contributed by atoms with Gasteiger partial charge in [-0.05, 0) is 50.5 Å². The average molecular weight is 368 g/mol. The fraction of sp³-hybridized carbons (Fsp3) is 0.500. The highest BCUT2D eigenvalue weighted by Crippen LogP contribution is 2.25. The number of amides is 1. The molecule has 5 nitrogen and oxygen atoms in total. The smallest absolute Gasteiger partial charge is 0.254 e. The van der Waals surface area contributed by atoms with E-state index in [2.05, 4.69) is 9.80 Å². The minimum absolute atomic E-state index is 0.148. The molecule has 144 valence electrons. The number of morpholine rings is 1. The molecule has 1 aromatic heterocycles. The van der Waals surface area contributed by atoms with Gasteiger partial charge in [-0.1, -0.05) is 12.1 Å². The van der Waals surface area contributed by atoms with Crippen molar-refractivity contribution in [2.45, 2.75) is 32.2 Å². The van der Waals surface area contributed by atoms with Gasteiger partial charge in [-0.25, -0.2) is 0 Å². The molecule has 0 saturated carbocycles. The van der Waals surface area contributed by atoms with Gasteiger partial charge in [0.2, 0.25) is 0 Å². The normalized spacial score (nSPS) is 21.4. The highest BCUT2D eigenvalue weighted by molar-refractivity contribution is 5.95. The number of carbonyl (C=O) groups is 1. The molecule has 0 bridgehead atoms.